The molecule has 100 valence electrons. The molecule has 0 spiro atoms. The predicted molar refractivity (Wildman–Crippen MR) is 101 cm³/mol. The zero-order valence-corrected chi connectivity index (χ0v) is 14.9. The van der Waals surface area contributed by atoms with E-state index in [0.717, 1.165) is 10.6 Å². The van der Waals surface area contributed by atoms with Crippen molar-refractivity contribution in [3.8, 4) is 9.75 Å². The highest BCUT2D eigenvalue weighted by molar-refractivity contribution is 14.1. The Morgan fingerprint density at radius 3 is 2.20 bits per heavy atom. The smallest absolute Gasteiger partial charge is 0.0660 e. The SMILES string of the molecule is Clc1ccc(/C=C/c2ccc(-c3ccc(I)s3)s2)cc1. The Morgan fingerprint density at radius 1 is 0.800 bits per heavy atom. The zero-order valence-electron chi connectivity index (χ0n) is 10.3. The summed E-state index contributed by atoms with van der Waals surface area (Å²) >= 11 is 11.9. The van der Waals surface area contributed by atoms with Crippen LogP contribution in [0.25, 0.3) is 21.9 Å². The van der Waals surface area contributed by atoms with E-state index in [4.69, 9.17) is 11.6 Å². The van der Waals surface area contributed by atoms with E-state index in [-0.39, 0.29) is 0 Å². The first-order valence-electron chi connectivity index (χ1n) is 6.00. The van der Waals surface area contributed by atoms with Gasteiger partial charge in [0.2, 0.25) is 0 Å². The summed E-state index contributed by atoms with van der Waals surface area (Å²) in [5, 5.41) is 0.771. The van der Waals surface area contributed by atoms with Crippen LogP contribution in [-0.4, -0.2) is 0 Å². The maximum atomic E-state index is 5.88. The molecule has 0 aliphatic heterocycles. The first kappa shape index (κ1) is 14.3. The summed E-state index contributed by atoms with van der Waals surface area (Å²) in [6.45, 7) is 0. The van der Waals surface area contributed by atoms with Gasteiger partial charge < -0.3 is 0 Å². The maximum absolute atomic E-state index is 5.88. The third kappa shape index (κ3) is 3.52. The van der Waals surface area contributed by atoms with Gasteiger partial charge in [-0.25, -0.2) is 0 Å². The first-order chi connectivity index (χ1) is 9.70. The lowest BCUT2D eigenvalue weighted by Gasteiger charge is -1.92. The summed E-state index contributed by atoms with van der Waals surface area (Å²) in [4.78, 5) is 3.93. The molecule has 0 aliphatic rings. The number of hydrogen-bond acceptors (Lipinski definition) is 2. The summed E-state index contributed by atoms with van der Waals surface area (Å²) in [5.41, 5.74) is 1.16. The van der Waals surface area contributed by atoms with Crippen LogP contribution in [0.1, 0.15) is 10.4 Å². The molecule has 0 amide bonds. The van der Waals surface area contributed by atoms with Crippen LogP contribution in [0.2, 0.25) is 5.02 Å². The Bertz CT molecular complexity index is 738. The van der Waals surface area contributed by atoms with Crippen LogP contribution in [0.4, 0.5) is 0 Å². The van der Waals surface area contributed by atoms with Crippen molar-refractivity contribution in [2.45, 2.75) is 0 Å². The van der Waals surface area contributed by atoms with Gasteiger partial charge in [-0.3, -0.25) is 0 Å². The third-order valence-corrected chi connectivity index (χ3v) is 6.15. The normalized spacial score (nSPS) is 11.3. The lowest BCUT2D eigenvalue weighted by atomic mass is 10.2. The number of halogens is 2. The topological polar surface area (TPSA) is 0 Å². The molecule has 0 saturated heterocycles. The molecule has 1 aromatic carbocycles. The second kappa shape index (κ2) is 6.43. The molecule has 20 heavy (non-hydrogen) atoms. The second-order valence-corrected chi connectivity index (χ2v) is 8.72. The van der Waals surface area contributed by atoms with E-state index in [0.29, 0.717) is 0 Å². The van der Waals surface area contributed by atoms with Crippen molar-refractivity contribution in [1.82, 2.24) is 0 Å². The van der Waals surface area contributed by atoms with Gasteiger partial charge in [0.1, 0.15) is 0 Å². The highest BCUT2D eigenvalue weighted by Crippen LogP contribution is 2.34. The van der Waals surface area contributed by atoms with Crippen molar-refractivity contribution < 1.29 is 0 Å². The van der Waals surface area contributed by atoms with E-state index < -0.39 is 0 Å². The average Bonchev–Trinajstić information content (AvgIpc) is 3.07. The molecule has 0 saturated carbocycles. The molecule has 4 heteroatoms. The molecular weight excluding hydrogens is 419 g/mol. The number of hydrogen-bond donors (Lipinski definition) is 0. The number of thiophene rings is 2. The largest absolute Gasteiger partial charge is 0.135 e. The molecule has 0 aliphatic carbocycles. The quantitative estimate of drug-likeness (QED) is 0.398. The van der Waals surface area contributed by atoms with Crippen molar-refractivity contribution in [3.63, 3.8) is 0 Å². The van der Waals surface area contributed by atoms with Crippen LogP contribution in [0.5, 0.6) is 0 Å². The van der Waals surface area contributed by atoms with Crippen LogP contribution >= 0.6 is 56.9 Å². The molecule has 0 N–H and O–H groups in total. The predicted octanol–water partition coefficient (Wildman–Crippen LogP) is 6.91. The van der Waals surface area contributed by atoms with Gasteiger partial charge in [0.05, 0.1) is 2.88 Å². The van der Waals surface area contributed by atoms with Crippen molar-refractivity contribution in [2.24, 2.45) is 0 Å². The zero-order chi connectivity index (χ0) is 13.9. The van der Waals surface area contributed by atoms with E-state index in [9.17, 15) is 0 Å². The molecule has 2 heterocycles. The molecule has 3 aromatic rings. The number of benzene rings is 1. The fraction of sp³-hybridized carbons (Fsp3) is 0. The van der Waals surface area contributed by atoms with Gasteiger partial charge in [-0.15, -0.1) is 22.7 Å². The summed E-state index contributed by atoms with van der Waals surface area (Å²) in [5.74, 6) is 0. The number of rotatable bonds is 3. The van der Waals surface area contributed by atoms with E-state index in [1.807, 2.05) is 46.9 Å². The molecule has 3 rings (SSSR count). The van der Waals surface area contributed by atoms with Gasteiger partial charge in [-0.05, 0) is 70.6 Å². The minimum Gasteiger partial charge on any atom is -0.135 e. The molecule has 2 aromatic heterocycles. The highest BCUT2D eigenvalue weighted by Gasteiger charge is 2.03. The van der Waals surface area contributed by atoms with Gasteiger partial charge in [-0.1, -0.05) is 29.8 Å². The van der Waals surface area contributed by atoms with E-state index in [1.165, 1.54) is 17.5 Å². The van der Waals surface area contributed by atoms with Gasteiger partial charge in [0.15, 0.2) is 0 Å². The monoisotopic (exact) mass is 428 g/mol. The summed E-state index contributed by atoms with van der Waals surface area (Å²) < 4.78 is 1.32. The van der Waals surface area contributed by atoms with Gasteiger partial charge >= 0.3 is 0 Å². The Kier molecular flexibility index (Phi) is 4.61. The fourth-order valence-corrected chi connectivity index (χ4v) is 4.52. The standard InChI is InChI=1S/C16H10ClIS2/c17-12-4-1-11(2-5-12)3-6-13-7-8-14(19-13)15-9-10-16(18)20-15/h1-10H/b6-3+. The van der Waals surface area contributed by atoms with Crippen molar-refractivity contribution in [2.75, 3.05) is 0 Å². The first-order valence-corrected chi connectivity index (χ1v) is 9.09. The molecule has 0 atom stereocenters. The van der Waals surface area contributed by atoms with Gasteiger partial charge in [0, 0.05) is 19.7 Å². The summed E-state index contributed by atoms with van der Waals surface area (Å²) in [6, 6.07) is 16.6. The maximum Gasteiger partial charge on any atom is 0.0660 e. The molecular formula is C16H10ClIS2. The lowest BCUT2D eigenvalue weighted by molar-refractivity contribution is 1.66. The van der Waals surface area contributed by atoms with E-state index in [1.54, 1.807) is 0 Å². The van der Waals surface area contributed by atoms with Gasteiger partial charge in [-0.2, -0.15) is 0 Å². The van der Waals surface area contributed by atoms with Crippen molar-refractivity contribution in [3.05, 3.63) is 66.9 Å². The summed E-state index contributed by atoms with van der Waals surface area (Å²) in [6.07, 6.45) is 4.26. The van der Waals surface area contributed by atoms with E-state index in [2.05, 4.69) is 59.0 Å². The Labute approximate surface area is 144 Å². The summed E-state index contributed by atoms with van der Waals surface area (Å²) in [7, 11) is 0. The second-order valence-electron chi connectivity index (χ2n) is 4.19. The van der Waals surface area contributed by atoms with Crippen LogP contribution in [-0.2, 0) is 0 Å². The molecule has 0 bridgehead atoms. The van der Waals surface area contributed by atoms with Crippen LogP contribution in [0.3, 0.4) is 0 Å². The highest BCUT2D eigenvalue weighted by atomic mass is 127. The minimum atomic E-state index is 0.771. The van der Waals surface area contributed by atoms with Gasteiger partial charge in [0.25, 0.3) is 0 Å². The minimum absolute atomic E-state index is 0.771. The fourth-order valence-electron chi connectivity index (χ4n) is 1.77. The van der Waals surface area contributed by atoms with E-state index >= 15 is 0 Å². The molecule has 0 nitrogen and oxygen atoms in total. The Hall–Kier alpha value is -0.620. The molecule has 0 fully saturated rings. The third-order valence-electron chi connectivity index (χ3n) is 2.75. The molecule has 0 unspecified atom stereocenters. The van der Waals surface area contributed by atoms with Crippen LogP contribution < -0.4 is 0 Å². The lowest BCUT2D eigenvalue weighted by Crippen LogP contribution is -1.69. The van der Waals surface area contributed by atoms with Crippen LogP contribution in [0, 0.1) is 2.88 Å². The van der Waals surface area contributed by atoms with Crippen molar-refractivity contribution in [1.29, 1.82) is 0 Å². The van der Waals surface area contributed by atoms with Crippen LogP contribution in [0.15, 0.2) is 48.5 Å². The molecule has 0 radical (unpaired) electrons. The average molecular weight is 429 g/mol. The van der Waals surface area contributed by atoms with Crippen molar-refractivity contribution >= 4 is 69.0 Å². The Balaban J connectivity index is 1.78. The Morgan fingerprint density at radius 2 is 1.50 bits per heavy atom.